The van der Waals surface area contributed by atoms with Crippen LogP contribution in [0, 0.1) is 11.8 Å². The van der Waals surface area contributed by atoms with Crippen LogP contribution in [0.4, 0.5) is 0 Å². The second kappa shape index (κ2) is 5.53. The van der Waals surface area contributed by atoms with Crippen LogP contribution in [-0.4, -0.2) is 36.1 Å². The molecular weight excluding hydrogens is 208 g/mol. The van der Waals surface area contributed by atoms with E-state index in [0.29, 0.717) is 12.1 Å². The molecule has 3 atom stereocenters. The average Bonchev–Trinajstić information content (AvgIpc) is 2.58. The largest absolute Gasteiger partial charge is 0.312 e. The molecule has 0 aromatic heterocycles. The third-order valence-electron chi connectivity index (χ3n) is 4.47. The topological polar surface area (TPSA) is 15.3 Å². The summed E-state index contributed by atoms with van der Waals surface area (Å²) in [5.41, 5.74) is 0. The van der Waals surface area contributed by atoms with Gasteiger partial charge in [0.1, 0.15) is 0 Å². The van der Waals surface area contributed by atoms with Crippen LogP contribution in [0.2, 0.25) is 0 Å². The number of hydrogen-bond acceptors (Lipinski definition) is 2. The molecule has 1 saturated carbocycles. The summed E-state index contributed by atoms with van der Waals surface area (Å²) in [5, 5.41) is 3.74. The van der Waals surface area contributed by atoms with Crippen molar-refractivity contribution in [3.8, 4) is 0 Å². The van der Waals surface area contributed by atoms with Gasteiger partial charge in [-0.3, -0.25) is 4.90 Å². The van der Waals surface area contributed by atoms with E-state index in [9.17, 15) is 0 Å². The van der Waals surface area contributed by atoms with E-state index < -0.39 is 0 Å². The van der Waals surface area contributed by atoms with Crippen LogP contribution in [-0.2, 0) is 0 Å². The fourth-order valence-corrected chi connectivity index (χ4v) is 3.44. The van der Waals surface area contributed by atoms with Crippen molar-refractivity contribution in [2.45, 2.75) is 58.7 Å². The van der Waals surface area contributed by atoms with Crippen molar-refractivity contribution in [2.24, 2.45) is 11.8 Å². The number of nitrogens with one attached hydrogen (secondary N) is 1. The van der Waals surface area contributed by atoms with E-state index in [1.807, 2.05) is 0 Å². The minimum Gasteiger partial charge on any atom is -0.312 e. The van der Waals surface area contributed by atoms with Gasteiger partial charge in [-0.15, -0.1) is 0 Å². The molecule has 17 heavy (non-hydrogen) atoms. The monoisotopic (exact) mass is 236 g/mol. The summed E-state index contributed by atoms with van der Waals surface area (Å²) in [7, 11) is 0. The number of hydrogen-bond donors (Lipinski definition) is 1. The Morgan fingerprint density at radius 2 is 1.94 bits per heavy atom. The quantitative estimate of drug-likeness (QED) is 0.713. The van der Waals surface area contributed by atoms with Gasteiger partial charge in [-0.1, -0.05) is 12.2 Å². The van der Waals surface area contributed by atoms with E-state index in [1.165, 1.54) is 19.4 Å². The van der Waals surface area contributed by atoms with Crippen molar-refractivity contribution < 1.29 is 0 Å². The lowest BCUT2D eigenvalue weighted by Crippen LogP contribution is -2.51. The third-order valence-corrected chi connectivity index (χ3v) is 4.47. The molecule has 1 N–H and O–H groups in total. The minimum atomic E-state index is 0.650. The molecule has 2 aliphatic carbocycles. The zero-order valence-corrected chi connectivity index (χ0v) is 11.8. The lowest BCUT2D eigenvalue weighted by atomic mass is 9.71. The third kappa shape index (κ3) is 2.92. The highest BCUT2D eigenvalue weighted by atomic mass is 15.2. The Bertz CT molecular complexity index is 262. The van der Waals surface area contributed by atoms with Gasteiger partial charge in [0.2, 0.25) is 0 Å². The Kier molecular flexibility index (Phi) is 4.26. The van der Waals surface area contributed by atoms with Gasteiger partial charge in [-0.25, -0.2) is 0 Å². The zero-order valence-electron chi connectivity index (χ0n) is 11.8. The molecule has 2 aliphatic rings. The van der Waals surface area contributed by atoms with Crippen LogP contribution in [0.1, 0.15) is 40.5 Å². The summed E-state index contributed by atoms with van der Waals surface area (Å²) in [6, 6.07) is 2.06. The molecule has 0 bridgehead atoms. The van der Waals surface area contributed by atoms with E-state index in [1.54, 1.807) is 0 Å². The van der Waals surface area contributed by atoms with Crippen molar-refractivity contribution in [1.82, 2.24) is 10.2 Å². The number of fused-ring (bicyclic) bond motifs is 1. The van der Waals surface area contributed by atoms with Crippen molar-refractivity contribution in [3.05, 3.63) is 12.2 Å². The maximum Gasteiger partial charge on any atom is 0.0136 e. The molecule has 2 rings (SSSR count). The molecule has 0 saturated heterocycles. The molecule has 0 spiro atoms. The standard InChI is InChI=1S/C15H28N2/c1-11(2)17(12(3)4)9-8-16-15-10-13-6-5-7-14(13)15/h5,7,11-16H,6,8-10H2,1-4H3. The highest BCUT2D eigenvalue weighted by Crippen LogP contribution is 2.42. The van der Waals surface area contributed by atoms with Crippen LogP contribution >= 0.6 is 0 Å². The molecule has 0 radical (unpaired) electrons. The maximum atomic E-state index is 3.74. The molecule has 0 heterocycles. The highest BCUT2D eigenvalue weighted by molar-refractivity contribution is 5.12. The summed E-state index contributed by atoms with van der Waals surface area (Å²) >= 11 is 0. The molecule has 2 nitrogen and oxygen atoms in total. The first kappa shape index (κ1) is 13.1. The van der Waals surface area contributed by atoms with Crippen LogP contribution in [0.5, 0.6) is 0 Å². The Labute approximate surface area is 106 Å². The van der Waals surface area contributed by atoms with E-state index >= 15 is 0 Å². The van der Waals surface area contributed by atoms with E-state index in [4.69, 9.17) is 0 Å². The van der Waals surface area contributed by atoms with Crippen molar-refractivity contribution in [3.63, 3.8) is 0 Å². The molecule has 3 unspecified atom stereocenters. The predicted molar refractivity (Wildman–Crippen MR) is 74.1 cm³/mol. The smallest absolute Gasteiger partial charge is 0.0136 e. The van der Waals surface area contributed by atoms with Crippen molar-refractivity contribution in [2.75, 3.05) is 13.1 Å². The lowest BCUT2D eigenvalue weighted by molar-refractivity contribution is 0.139. The summed E-state index contributed by atoms with van der Waals surface area (Å²) in [5.74, 6) is 1.82. The molecule has 0 aliphatic heterocycles. The van der Waals surface area contributed by atoms with Gasteiger partial charge in [0.25, 0.3) is 0 Å². The summed E-state index contributed by atoms with van der Waals surface area (Å²) < 4.78 is 0. The molecule has 0 amide bonds. The second-order valence-electron chi connectivity index (χ2n) is 6.22. The van der Waals surface area contributed by atoms with E-state index in [2.05, 4.69) is 50.1 Å². The SMILES string of the molecule is CC(C)N(CCNC1CC2CC=CC21)C(C)C. The molecule has 0 aromatic carbocycles. The van der Waals surface area contributed by atoms with Crippen LogP contribution in [0.25, 0.3) is 0 Å². The molecule has 98 valence electrons. The molecule has 1 fully saturated rings. The number of rotatable bonds is 6. The van der Waals surface area contributed by atoms with Gasteiger partial charge in [-0.2, -0.15) is 0 Å². The van der Waals surface area contributed by atoms with Gasteiger partial charge in [0.05, 0.1) is 0 Å². The fraction of sp³-hybridized carbons (Fsp3) is 0.867. The summed E-state index contributed by atoms with van der Waals surface area (Å²) in [6.07, 6.45) is 7.51. The Hall–Kier alpha value is -0.340. The minimum absolute atomic E-state index is 0.650. The van der Waals surface area contributed by atoms with Gasteiger partial charge in [0.15, 0.2) is 0 Å². The first-order chi connectivity index (χ1) is 8.09. The van der Waals surface area contributed by atoms with Gasteiger partial charge >= 0.3 is 0 Å². The molecule has 2 heteroatoms. The maximum absolute atomic E-state index is 3.74. The van der Waals surface area contributed by atoms with Crippen molar-refractivity contribution in [1.29, 1.82) is 0 Å². The Morgan fingerprint density at radius 1 is 1.24 bits per heavy atom. The van der Waals surface area contributed by atoms with Crippen LogP contribution in [0.3, 0.4) is 0 Å². The van der Waals surface area contributed by atoms with Crippen molar-refractivity contribution >= 4 is 0 Å². The molecule has 0 aromatic rings. The molecular formula is C15H28N2. The normalized spacial score (nSPS) is 31.4. The summed E-state index contributed by atoms with van der Waals surface area (Å²) in [6.45, 7) is 11.5. The van der Waals surface area contributed by atoms with E-state index in [-0.39, 0.29) is 0 Å². The van der Waals surface area contributed by atoms with E-state index in [0.717, 1.165) is 24.4 Å². The second-order valence-corrected chi connectivity index (χ2v) is 6.22. The predicted octanol–water partition coefficient (Wildman–Crippen LogP) is 2.66. The van der Waals surface area contributed by atoms with Gasteiger partial charge in [0, 0.05) is 31.2 Å². The van der Waals surface area contributed by atoms with Gasteiger partial charge < -0.3 is 5.32 Å². The Morgan fingerprint density at radius 3 is 2.53 bits per heavy atom. The highest BCUT2D eigenvalue weighted by Gasteiger charge is 2.40. The van der Waals surface area contributed by atoms with Gasteiger partial charge in [-0.05, 0) is 52.4 Å². The first-order valence-corrected chi connectivity index (χ1v) is 7.25. The average molecular weight is 236 g/mol. The lowest BCUT2D eigenvalue weighted by Gasteiger charge is -2.41. The zero-order chi connectivity index (χ0) is 12.4. The Balaban J connectivity index is 1.67. The first-order valence-electron chi connectivity index (χ1n) is 7.25. The fourth-order valence-electron chi connectivity index (χ4n) is 3.44. The number of allylic oxidation sites excluding steroid dienone is 1. The van der Waals surface area contributed by atoms with Crippen LogP contribution in [0.15, 0.2) is 12.2 Å². The number of nitrogens with zero attached hydrogens (tertiary/aromatic N) is 1. The van der Waals surface area contributed by atoms with Crippen LogP contribution < -0.4 is 5.32 Å². The summed E-state index contributed by atoms with van der Waals surface area (Å²) in [4.78, 5) is 2.56.